The van der Waals surface area contributed by atoms with Crippen LogP contribution in [-0.4, -0.2) is 23.7 Å². The van der Waals surface area contributed by atoms with Gasteiger partial charge in [0, 0.05) is 23.6 Å². The molecule has 2 aromatic carbocycles. The van der Waals surface area contributed by atoms with Gasteiger partial charge < -0.3 is 15.7 Å². The number of aliphatic hydroxyl groups is 1. The predicted molar refractivity (Wildman–Crippen MR) is 117 cm³/mol. The molecule has 3 aromatic rings. The van der Waals surface area contributed by atoms with Crippen molar-refractivity contribution in [3.8, 4) is 0 Å². The van der Waals surface area contributed by atoms with E-state index in [1.165, 1.54) is 4.90 Å². The first-order valence-corrected chi connectivity index (χ1v) is 10.5. The molecule has 0 spiro atoms. The number of rotatable bonds is 6. The molecule has 0 aliphatic carbocycles. The maximum atomic E-state index is 11.2. The van der Waals surface area contributed by atoms with Crippen LogP contribution in [0.2, 0.25) is 0 Å². The Morgan fingerprint density at radius 1 is 1.21 bits per heavy atom. The van der Waals surface area contributed by atoms with Crippen molar-refractivity contribution >= 4 is 40.3 Å². The average Bonchev–Trinajstić information content (AvgIpc) is 3.04. The van der Waals surface area contributed by atoms with Crippen LogP contribution in [0.5, 0.6) is 0 Å². The third-order valence-electron chi connectivity index (χ3n) is 4.92. The number of aryl methyl sites for hydroxylation is 1. The van der Waals surface area contributed by atoms with E-state index in [0.29, 0.717) is 19.5 Å². The third kappa shape index (κ3) is 4.13. The first-order chi connectivity index (χ1) is 14.0. The molecule has 1 atom stereocenters. The molecule has 3 N–H and O–H groups in total. The first-order valence-electron chi connectivity index (χ1n) is 9.66. The van der Waals surface area contributed by atoms with E-state index in [1.807, 2.05) is 37.4 Å². The van der Waals surface area contributed by atoms with Crippen molar-refractivity contribution in [1.29, 1.82) is 0 Å². The lowest BCUT2D eigenvalue weighted by Gasteiger charge is -2.22. The van der Waals surface area contributed by atoms with Crippen molar-refractivity contribution in [2.24, 2.45) is 5.73 Å². The molecule has 0 radical (unpaired) electrons. The summed E-state index contributed by atoms with van der Waals surface area (Å²) in [7, 11) is 0. The summed E-state index contributed by atoms with van der Waals surface area (Å²) < 4.78 is 2.06. The maximum absolute atomic E-state index is 11.2. The molecule has 4 rings (SSSR count). The minimum atomic E-state index is -0.436. The summed E-state index contributed by atoms with van der Waals surface area (Å²) in [5.74, 6) is -0.304. The van der Waals surface area contributed by atoms with E-state index >= 15 is 0 Å². The Bertz CT molecular complexity index is 1090. The summed E-state index contributed by atoms with van der Waals surface area (Å²) in [6.45, 7) is 2.91. The number of carbonyl (C=O) groups is 1. The van der Waals surface area contributed by atoms with Crippen molar-refractivity contribution in [2.75, 3.05) is 11.4 Å². The number of aliphatic hydroxyl groups excluding tert-OH is 1. The maximum Gasteiger partial charge on any atom is 0.223 e. The van der Waals surface area contributed by atoms with Gasteiger partial charge in [-0.05, 0) is 36.8 Å². The van der Waals surface area contributed by atoms with Gasteiger partial charge >= 0.3 is 0 Å². The van der Waals surface area contributed by atoms with Crippen LogP contribution in [0.1, 0.15) is 18.9 Å². The number of pyridine rings is 1. The lowest BCUT2D eigenvalue weighted by atomic mass is 10.1. The van der Waals surface area contributed by atoms with E-state index in [-0.39, 0.29) is 5.91 Å². The smallest absolute Gasteiger partial charge is 0.223 e. The number of hydrogen-bond donors (Lipinski definition) is 2. The van der Waals surface area contributed by atoms with Crippen LogP contribution in [-0.2, 0) is 11.3 Å². The highest BCUT2D eigenvalue weighted by Crippen LogP contribution is 2.46. The van der Waals surface area contributed by atoms with Gasteiger partial charge in [0.1, 0.15) is 0 Å². The second kappa shape index (κ2) is 8.27. The fraction of sp³-hybridized carbons (Fsp3) is 0.217. The number of thioether (sulfide) groups is 1. The highest BCUT2D eigenvalue weighted by Gasteiger charge is 2.26. The Balaban J connectivity index is 1.76. The number of benzene rings is 2. The molecule has 5 nitrogen and oxygen atoms in total. The quantitative estimate of drug-likeness (QED) is 0.617. The molecule has 1 aliphatic heterocycles. The molecule has 1 amide bonds. The molecule has 0 bridgehead atoms. The number of primary amides is 1. The Labute approximate surface area is 174 Å². The van der Waals surface area contributed by atoms with Gasteiger partial charge in [0.15, 0.2) is 12.7 Å². The zero-order valence-corrected chi connectivity index (χ0v) is 17.1. The molecule has 2 heterocycles. The van der Waals surface area contributed by atoms with E-state index < -0.39 is 6.10 Å². The van der Waals surface area contributed by atoms with Gasteiger partial charge in [-0.25, -0.2) is 0 Å². The lowest BCUT2D eigenvalue weighted by Crippen LogP contribution is -2.36. The molecule has 148 valence electrons. The van der Waals surface area contributed by atoms with Crippen molar-refractivity contribution in [2.45, 2.75) is 30.9 Å². The number of nitrogens with zero attached hydrogens (tertiary/aromatic N) is 2. The highest BCUT2D eigenvalue weighted by atomic mass is 32.2. The summed E-state index contributed by atoms with van der Waals surface area (Å²) in [6.07, 6.45) is 4.05. The third-order valence-corrected chi connectivity index (χ3v) is 6.03. The van der Waals surface area contributed by atoms with Crippen LogP contribution < -0.4 is 15.2 Å². The topological polar surface area (TPSA) is 70.4 Å². The summed E-state index contributed by atoms with van der Waals surface area (Å²) in [4.78, 5) is 14.6. The molecule has 0 saturated heterocycles. The molecule has 0 saturated carbocycles. The van der Waals surface area contributed by atoms with Gasteiger partial charge in [-0.2, -0.15) is 4.57 Å². The molecule has 29 heavy (non-hydrogen) atoms. The van der Waals surface area contributed by atoms with E-state index in [0.717, 1.165) is 27.2 Å². The van der Waals surface area contributed by atoms with Crippen LogP contribution in [0.25, 0.3) is 17.0 Å². The summed E-state index contributed by atoms with van der Waals surface area (Å²) in [6, 6.07) is 18.5. The number of para-hydroxylation sites is 2. The Morgan fingerprint density at radius 3 is 2.76 bits per heavy atom. The SMILES string of the molecule is CC(O)CN1C(=Cc2cc[n+](CCC(N)=O)c3ccccc23)Sc2ccccc21. The van der Waals surface area contributed by atoms with Gasteiger partial charge in [-0.15, -0.1) is 0 Å². The fourth-order valence-corrected chi connectivity index (χ4v) is 4.73. The standard InChI is InChI=1S/C23H23N3O2S/c1-16(27)15-26-20-8-4-5-9-21(20)29-23(26)14-17-10-12-25(13-11-22(24)28)19-7-3-2-6-18(17)19/h2-10,12,14,16,27H,11,13,15H2,1H3,(H-,24,28)/p+1. The zero-order valence-electron chi connectivity index (χ0n) is 16.3. The average molecular weight is 407 g/mol. The van der Waals surface area contributed by atoms with Crippen LogP contribution in [0.4, 0.5) is 5.69 Å². The van der Waals surface area contributed by atoms with Crippen molar-refractivity contribution in [1.82, 2.24) is 0 Å². The molecule has 1 aromatic heterocycles. The fourth-order valence-electron chi connectivity index (χ4n) is 3.61. The molecule has 1 aliphatic rings. The minimum Gasteiger partial charge on any atom is -0.392 e. The molecule has 6 heteroatoms. The summed E-state index contributed by atoms with van der Waals surface area (Å²) in [5.41, 5.74) is 8.62. The van der Waals surface area contributed by atoms with E-state index in [9.17, 15) is 9.90 Å². The summed E-state index contributed by atoms with van der Waals surface area (Å²) >= 11 is 1.72. The second-order valence-corrected chi connectivity index (χ2v) is 8.27. The van der Waals surface area contributed by atoms with Crippen molar-refractivity contribution < 1.29 is 14.5 Å². The van der Waals surface area contributed by atoms with Gasteiger partial charge in [0.25, 0.3) is 0 Å². The number of anilines is 1. The number of fused-ring (bicyclic) bond motifs is 2. The van der Waals surface area contributed by atoms with Crippen LogP contribution in [0.3, 0.4) is 0 Å². The highest BCUT2D eigenvalue weighted by molar-refractivity contribution is 8.03. The predicted octanol–water partition coefficient (Wildman–Crippen LogP) is 3.29. The number of amides is 1. The van der Waals surface area contributed by atoms with E-state index in [2.05, 4.69) is 45.9 Å². The molecular weight excluding hydrogens is 382 g/mol. The minimum absolute atomic E-state index is 0.304. The van der Waals surface area contributed by atoms with Gasteiger partial charge in [-0.1, -0.05) is 36.0 Å². The molecule has 0 fully saturated rings. The van der Waals surface area contributed by atoms with Gasteiger partial charge in [0.05, 0.1) is 28.6 Å². The number of β-amino-alcohol motifs (C(OH)–C–C–N with tert-alkyl or cyclic N) is 1. The van der Waals surface area contributed by atoms with E-state index in [4.69, 9.17) is 5.73 Å². The molecule has 1 unspecified atom stereocenters. The monoisotopic (exact) mass is 406 g/mol. The van der Waals surface area contributed by atoms with Crippen LogP contribution in [0.15, 0.2) is 70.7 Å². The molecular formula is C23H24N3O2S+. The normalized spacial score (nSPS) is 15.7. The first kappa shape index (κ1) is 19.5. The number of aromatic nitrogens is 1. The van der Waals surface area contributed by atoms with Crippen molar-refractivity contribution in [3.63, 3.8) is 0 Å². The number of carbonyl (C=O) groups excluding carboxylic acids is 1. The number of nitrogens with two attached hydrogens (primary N) is 1. The lowest BCUT2D eigenvalue weighted by molar-refractivity contribution is -0.670. The van der Waals surface area contributed by atoms with Gasteiger partial charge in [0.2, 0.25) is 11.4 Å². The summed E-state index contributed by atoms with van der Waals surface area (Å²) in [5, 5.41) is 12.2. The number of hydrogen-bond acceptors (Lipinski definition) is 4. The van der Waals surface area contributed by atoms with Crippen LogP contribution in [0, 0.1) is 0 Å². The van der Waals surface area contributed by atoms with Crippen molar-refractivity contribution in [3.05, 3.63) is 71.4 Å². The Kier molecular flexibility index (Phi) is 5.56. The zero-order chi connectivity index (χ0) is 20.4. The Hall–Kier alpha value is -2.83. The second-order valence-electron chi connectivity index (χ2n) is 7.21. The largest absolute Gasteiger partial charge is 0.392 e. The van der Waals surface area contributed by atoms with E-state index in [1.54, 1.807) is 11.8 Å². The van der Waals surface area contributed by atoms with Crippen LogP contribution >= 0.6 is 11.8 Å². The Morgan fingerprint density at radius 2 is 1.97 bits per heavy atom. The van der Waals surface area contributed by atoms with Gasteiger partial charge in [-0.3, -0.25) is 4.79 Å².